The summed E-state index contributed by atoms with van der Waals surface area (Å²) in [6.45, 7) is 1.97. The van der Waals surface area contributed by atoms with Gasteiger partial charge in [-0.2, -0.15) is 5.10 Å². The van der Waals surface area contributed by atoms with Crippen LogP contribution >= 0.6 is 0 Å². The number of H-pyrrole nitrogens is 1. The summed E-state index contributed by atoms with van der Waals surface area (Å²) in [6, 6.07) is 7.97. The van der Waals surface area contributed by atoms with Crippen molar-refractivity contribution in [3.05, 3.63) is 59.0 Å². The zero-order chi connectivity index (χ0) is 18.9. The average Bonchev–Trinajstić information content (AvgIpc) is 2.95. The molecule has 0 fully saturated rings. The summed E-state index contributed by atoms with van der Waals surface area (Å²) >= 11 is 0. The lowest BCUT2D eigenvalue weighted by Crippen LogP contribution is -2.23. The highest BCUT2D eigenvalue weighted by Gasteiger charge is 2.32. The first kappa shape index (κ1) is 17.7. The standard InChI is InChI=1S/C17H13F4N3O2/c1-9-15-11(3-2-4-13(15)24-23-9)8-22-16(25)10-5-6-14(12(18)7-10)26-17(19,20)21/h2-7H,8H2,1H3,(H,22,25)(H,23,24). The number of nitrogens with one attached hydrogen (secondary N) is 2. The lowest BCUT2D eigenvalue weighted by atomic mass is 10.1. The number of halogens is 4. The number of carbonyl (C=O) groups excluding carboxylic acids is 1. The summed E-state index contributed by atoms with van der Waals surface area (Å²) in [5.74, 6) is -2.89. The van der Waals surface area contributed by atoms with Gasteiger partial charge >= 0.3 is 6.36 Å². The van der Waals surface area contributed by atoms with Crippen molar-refractivity contribution in [3.63, 3.8) is 0 Å². The maximum absolute atomic E-state index is 13.7. The van der Waals surface area contributed by atoms with Gasteiger partial charge in [0.15, 0.2) is 11.6 Å². The van der Waals surface area contributed by atoms with Crippen LogP contribution in [0.15, 0.2) is 36.4 Å². The number of hydrogen-bond donors (Lipinski definition) is 2. The zero-order valence-electron chi connectivity index (χ0n) is 13.4. The molecule has 0 bridgehead atoms. The molecule has 0 radical (unpaired) electrons. The molecular formula is C17H13F4N3O2. The fourth-order valence-electron chi connectivity index (χ4n) is 2.59. The molecule has 5 nitrogen and oxygen atoms in total. The number of nitrogens with zero attached hydrogens (tertiary/aromatic N) is 1. The van der Waals surface area contributed by atoms with Gasteiger partial charge in [0.05, 0.1) is 11.2 Å². The maximum Gasteiger partial charge on any atom is 0.573 e. The van der Waals surface area contributed by atoms with Crippen LogP contribution in [0.4, 0.5) is 17.6 Å². The van der Waals surface area contributed by atoms with Crippen LogP contribution in [0, 0.1) is 12.7 Å². The van der Waals surface area contributed by atoms with E-state index in [1.807, 2.05) is 19.1 Å². The zero-order valence-corrected chi connectivity index (χ0v) is 13.4. The Balaban J connectivity index is 1.74. The van der Waals surface area contributed by atoms with Crippen LogP contribution in [0.5, 0.6) is 5.75 Å². The van der Waals surface area contributed by atoms with Gasteiger partial charge in [0.1, 0.15) is 0 Å². The number of aromatic amines is 1. The Morgan fingerprint density at radius 2 is 2.04 bits per heavy atom. The van der Waals surface area contributed by atoms with Gasteiger partial charge in [0, 0.05) is 17.5 Å². The van der Waals surface area contributed by atoms with E-state index in [0.717, 1.165) is 34.3 Å². The first-order valence-corrected chi connectivity index (χ1v) is 7.50. The fraction of sp³-hybridized carbons (Fsp3) is 0.176. The lowest BCUT2D eigenvalue weighted by Gasteiger charge is -2.11. The van der Waals surface area contributed by atoms with Crippen LogP contribution in [-0.2, 0) is 6.54 Å². The Morgan fingerprint density at radius 1 is 1.27 bits per heavy atom. The lowest BCUT2D eigenvalue weighted by molar-refractivity contribution is -0.275. The van der Waals surface area contributed by atoms with E-state index in [1.54, 1.807) is 6.07 Å². The summed E-state index contributed by atoms with van der Waals surface area (Å²) in [5.41, 5.74) is 2.27. The van der Waals surface area contributed by atoms with Crippen molar-refractivity contribution in [2.45, 2.75) is 19.8 Å². The third-order valence-corrected chi connectivity index (χ3v) is 3.72. The molecule has 0 aliphatic rings. The summed E-state index contributed by atoms with van der Waals surface area (Å²) in [7, 11) is 0. The number of rotatable bonds is 4. The number of alkyl halides is 3. The summed E-state index contributed by atoms with van der Waals surface area (Å²) in [4.78, 5) is 12.2. The van der Waals surface area contributed by atoms with E-state index in [-0.39, 0.29) is 12.1 Å². The summed E-state index contributed by atoms with van der Waals surface area (Å²) in [5, 5.41) is 10.4. The Kier molecular flexibility index (Phi) is 4.54. The van der Waals surface area contributed by atoms with E-state index in [1.165, 1.54) is 0 Å². The molecule has 0 atom stereocenters. The Labute approximate surface area is 145 Å². The van der Waals surface area contributed by atoms with Crippen molar-refractivity contribution < 1.29 is 27.1 Å². The monoisotopic (exact) mass is 367 g/mol. The molecule has 0 unspecified atom stereocenters. The van der Waals surface area contributed by atoms with Gasteiger partial charge in [-0.05, 0) is 36.8 Å². The van der Waals surface area contributed by atoms with Crippen molar-refractivity contribution in [2.75, 3.05) is 0 Å². The number of amides is 1. The molecule has 0 aliphatic carbocycles. The summed E-state index contributed by atoms with van der Waals surface area (Å²) in [6.07, 6.45) is -5.01. The molecular weight excluding hydrogens is 354 g/mol. The van der Waals surface area contributed by atoms with Gasteiger partial charge in [-0.1, -0.05) is 12.1 Å². The minimum absolute atomic E-state index is 0.117. The van der Waals surface area contributed by atoms with Crippen LogP contribution in [0.1, 0.15) is 21.6 Å². The Morgan fingerprint density at radius 3 is 2.73 bits per heavy atom. The van der Waals surface area contributed by atoms with Gasteiger partial charge in [-0.15, -0.1) is 13.2 Å². The van der Waals surface area contributed by atoms with Crippen molar-refractivity contribution in [2.24, 2.45) is 0 Å². The normalized spacial score (nSPS) is 11.6. The van der Waals surface area contributed by atoms with E-state index in [9.17, 15) is 22.4 Å². The number of ether oxygens (including phenoxy) is 1. The van der Waals surface area contributed by atoms with E-state index in [4.69, 9.17) is 0 Å². The second-order valence-electron chi connectivity index (χ2n) is 5.52. The fourth-order valence-corrected chi connectivity index (χ4v) is 2.59. The number of aromatic nitrogens is 2. The van der Waals surface area contributed by atoms with Crippen molar-refractivity contribution in [1.82, 2.24) is 15.5 Å². The minimum atomic E-state index is -5.01. The van der Waals surface area contributed by atoms with Crippen LogP contribution in [0.25, 0.3) is 10.9 Å². The number of fused-ring (bicyclic) bond motifs is 1. The summed E-state index contributed by atoms with van der Waals surface area (Å²) < 4.78 is 53.7. The molecule has 9 heteroatoms. The molecule has 0 saturated heterocycles. The predicted molar refractivity (Wildman–Crippen MR) is 85.1 cm³/mol. The van der Waals surface area contributed by atoms with Crippen molar-refractivity contribution in [3.8, 4) is 5.75 Å². The maximum atomic E-state index is 13.7. The van der Waals surface area contributed by atoms with Gasteiger partial charge in [0.25, 0.3) is 5.91 Å². The number of benzene rings is 2. The molecule has 2 aromatic carbocycles. The molecule has 1 amide bonds. The Hall–Kier alpha value is -3.10. The Bertz CT molecular complexity index is 966. The van der Waals surface area contributed by atoms with Gasteiger partial charge in [-0.3, -0.25) is 9.89 Å². The molecule has 0 aliphatic heterocycles. The molecule has 26 heavy (non-hydrogen) atoms. The van der Waals surface area contributed by atoms with E-state index in [2.05, 4.69) is 20.3 Å². The molecule has 2 N–H and O–H groups in total. The second-order valence-corrected chi connectivity index (χ2v) is 5.52. The topological polar surface area (TPSA) is 67.0 Å². The third kappa shape index (κ3) is 3.76. The highest BCUT2D eigenvalue weighted by atomic mass is 19.4. The molecule has 0 spiro atoms. The van der Waals surface area contributed by atoms with Crippen LogP contribution in [-0.4, -0.2) is 22.5 Å². The van der Waals surface area contributed by atoms with Crippen molar-refractivity contribution >= 4 is 16.8 Å². The van der Waals surface area contributed by atoms with Crippen LogP contribution in [0.3, 0.4) is 0 Å². The number of aryl methyl sites for hydroxylation is 1. The number of carbonyl (C=O) groups is 1. The van der Waals surface area contributed by atoms with E-state index >= 15 is 0 Å². The molecule has 3 rings (SSSR count). The minimum Gasteiger partial charge on any atom is -0.403 e. The average molecular weight is 367 g/mol. The smallest absolute Gasteiger partial charge is 0.403 e. The molecule has 3 aromatic rings. The first-order chi connectivity index (χ1) is 12.2. The molecule has 1 aromatic heterocycles. The van der Waals surface area contributed by atoms with E-state index in [0.29, 0.717) is 6.07 Å². The molecule has 1 heterocycles. The van der Waals surface area contributed by atoms with Gasteiger partial charge in [0.2, 0.25) is 0 Å². The molecule has 0 saturated carbocycles. The van der Waals surface area contributed by atoms with Gasteiger partial charge < -0.3 is 10.1 Å². The van der Waals surface area contributed by atoms with E-state index < -0.39 is 23.8 Å². The highest BCUT2D eigenvalue weighted by molar-refractivity contribution is 5.94. The highest BCUT2D eigenvalue weighted by Crippen LogP contribution is 2.26. The largest absolute Gasteiger partial charge is 0.573 e. The van der Waals surface area contributed by atoms with Crippen molar-refractivity contribution in [1.29, 1.82) is 0 Å². The SMILES string of the molecule is Cc1n[nH]c2cccc(CNC(=O)c3ccc(OC(F)(F)F)c(F)c3)c12. The van der Waals surface area contributed by atoms with Crippen LogP contribution < -0.4 is 10.1 Å². The predicted octanol–water partition coefficient (Wildman–Crippen LogP) is 3.84. The quantitative estimate of drug-likeness (QED) is 0.689. The van der Waals surface area contributed by atoms with Gasteiger partial charge in [-0.25, -0.2) is 4.39 Å². The number of hydrogen-bond acceptors (Lipinski definition) is 3. The second kappa shape index (κ2) is 6.66. The first-order valence-electron chi connectivity index (χ1n) is 7.50. The third-order valence-electron chi connectivity index (χ3n) is 3.72. The molecule has 136 valence electrons. The van der Waals surface area contributed by atoms with Crippen LogP contribution in [0.2, 0.25) is 0 Å².